The number of hydrogen-bond donors (Lipinski definition) is 3. The van der Waals surface area contributed by atoms with Gasteiger partial charge in [0.1, 0.15) is 0 Å². The number of aromatic nitrogens is 6. The van der Waals surface area contributed by atoms with E-state index < -0.39 is 6.10 Å². The van der Waals surface area contributed by atoms with Crippen molar-refractivity contribution < 1.29 is 14.4 Å². The number of hydrogen-bond acceptors (Lipinski definition) is 10. The van der Waals surface area contributed by atoms with Crippen LogP contribution in [0.15, 0.2) is 47.4 Å². The highest BCUT2D eigenvalue weighted by Crippen LogP contribution is 2.31. The van der Waals surface area contributed by atoms with Crippen molar-refractivity contribution in [2.24, 2.45) is 7.05 Å². The van der Waals surface area contributed by atoms with E-state index in [1.165, 1.54) is 0 Å². The van der Waals surface area contributed by atoms with Crippen molar-refractivity contribution in [3.8, 4) is 11.3 Å². The number of carbonyl (C=O) groups excluding carboxylic acids is 1. The lowest BCUT2D eigenvalue weighted by molar-refractivity contribution is 0.0913. The molecule has 3 aromatic heterocycles. The van der Waals surface area contributed by atoms with Crippen LogP contribution in [0, 0.1) is 0 Å². The first-order valence-electron chi connectivity index (χ1n) is 13.3. The van der Waals surface area contributed by atoms with Gasteiger partial charge in [0, 0.05) is 50.1 Å². The summed E-state index contributed by atoms with van der Waals surface area (Å²) in [4.78, 5) is 28.7. The van der Waals surface area contributed by atoms with Gasteiger partial charge in [-0.1, -0.05) is 38.1 Å². The summed E-state index contributed by atoms with van der Waals surface area (Å²) in [6, 6.07) is 7.74. The van der Waals surface area contributed by atoms with Gasteiger partial charge in [-0.2, -0.15) is 10.1 Å². The van der Waals surface area contributed by atoms with Crippen LogP contribution in [0.2, 0.25) is 0 Å². The summed E-state index contributed by atoms with van der Waals surface area (Å²) >= 11 is 0. The molecule has 0 fully saturated rings. The minimum absolute atomic E-state index is 0.0165. The molecule has 0 saturated heterocycles. The highest BCUT2D eigenvalue weighted by atomic mass is 16.5. The molecule has 1 aromatic carbocycles. The van der Waals surface area contributed by atoms with Crippen LogP contribution in [0.3, 0.4) is 0 Å². The van der Waals surface area contributed by atoms with E-state index in [9.17, 15) is 9.90 Å². The second kappa shape index (κ2) is 11.1. The van der Waals surface area contributed by atoms with Gasteiger partial charge in [0.2, 0.25) is 11.8 Å². The number of fused-ring (bicyclic) bond motifs is 1. The molecule has 12 nitrogen and oxygen atoms in total. The van der Waals surface area contributed by atoms with Gasteiger partial charge in [0.15, 0.2) is 0 Å². The molecule has 0 spiro atoms. The smallest absolute Gasteiger partial charge is 0.293 e. The van der Waals surface area contributed by atoms with Crippen LogP contribution in [0.1, 0.15) is 67.8 Å². The Labute approximate surface area is 232 Å². The first-order valence-corrected chi connectivity index (χ1v) is 13.3. The Morgan fingerprint density at radius 2 is 2.08 bits per heavy atom. The maximum Gasteiger partial charge on any atom is 0.293 e. The predicted octanol–water partition coefficient (Wildman–Crippen LogP) is 3.36. The van der Waals surface area contributed by atoms with E-state index in [4.69, 9.17) is 9.51 Å². The SMILES string of the molecule is CC(O)CN1CC[C@@H](NC(=O)c2noc(C(C)(C)C)n2)c2ccc(-c3ccnc(Nc4cnn(C)c4)n3)cc2C1. The van der Waals surface area contributed by atoms with Gasteiger partial charge in [0.25, 0.3) is 11.7 Å². The number of amides is 1. The third kappa shape index (κ3) is 6.35. The third-order valence-corrected chi connectivity index (χ3v) is 6.66. The number of β-amino-alcohol motifs (C(OH)–C–C–N with tert-alkyl or cyclic N) is 1. The molecule has 4 aromatic rings. The molecule has 12 heteroatoms. The molecule has 1 aliphatic heterocycles. The van der Waals surface area contributed by atoms with Crippen molar-refractivity contribution >= 4 is 17.5 Å². The first kappa shape index (κ1) is 27.4. The van der Waals surface area contributed by atoms with Gasteiger partial charge in [-0.3, -0.25) is 14.4 Å². The Bertz CT molecular complexity index is 1490. The number of anilines is 2. The molecule has 4 heterocycles. The van der Waals surface area contributed by atoms with E-state index in [1.807, 2.05) is 52.2 Å². The lowest BCUT2D eigenvalue weighted by Crippen LogP contribution is -2.33. The fourth-order valence-electron chi connectivity index (χ4n) is 4.75. The number of carbonyl (C=O) groups is 1. The molecule has 3 N–H and O–H groups in total. The summed E-state index contributed by atoms with van der Waals surface area (Å²) < 4.78 is 7.03. The van der Waals surface area contributed by atoms with Crippen LogP contribution in [0.25, 0.3) is 11.3 Å². The number of aliphatic hydroxyl groups excluding tert-OH is 1. The monoisotopic (exact) mass is 545 g/mol. The van der Waals surface area contributed by atoms with Gasteiger partial charge < -0.3 is 20.3 Å². The molecule has 1 unspecified atom stereocenters. The molecule has 5 rings (SSSR count). The summed E-state index contributed by atoms with van der Waals surface area (Å²) in [7, 11) is 1.85. The molecule has 210 valence electrons. The topological polar surface area (TPSA) is 147 Å². The fraction of sp³-hybridized carbons (Fsp3) is 0.429. The van der Waals surface area contributed by atoms with E-state index in [1.54, 1.807) is 24.0 Å². The summed E-state index contributed by atoms with van der Waals surface area (Å²) in [5.41, 5.74) is 4.18. The maximum absolute atomic E-state index is 13.1. The van der Waals surface area contributed by atoms with Gasteiger partial charge in [-0.25, -0.2) is 9.97 Å². The Morgan fingerprint density at radius 3 is 2.77 bits per heavy atom. The third-order valence-electron chi connectivity index (χ3n) is 6.66. The molecule has 0 bridgehead atoms. The number of aliphatic hydroxyl groups is 1. The van der Waals surface area contributed by atoms with E-state index in [0.29, 0.717) is 37.9 Å². The van der Waals surface area contributed by atoms with E-state index >= 15 is 0 Å². The van der Waals surface area contributed by atoms with Crippen molar-refractivity contribution in [3.63, 3.8) is 0 Å². The summed E-state index contributed by atoms with van der Waals surface area (Å²) in [6.07, 6.45) is 5.47. The van der Waals surface area contributed by atoms with Gasteiger partial charge in [-0.15, -0.1) is 0 Å². The second-order valence-corrected chi connectivity index (χ2v) is 11.3. The average Bonchev–Trinajstić information content (AvgIpc) is 3.52. The van der Waals surface area contributed by atoms with Crippen molar-refractivity contribution in [1.82, 2.24) is 40.1 Å². The maximum atomic E-state index is 13.1. The average molecular weight is 546 g/mol. The Morgan fingerprint density at radius 1 is 1.25 bits per heavy atom. The van der Waals surface area contributed by atoms with Crippen molar-refractivity contribution in [2.45, 2.75) is 58.2 Å². The van der Waals surface area contributed by atoms with Crippen LogP contribution < -0.4 is 10.6 Å². The highest BCUT2D eigenvalue weighted by molar-refractivity contribution is 5.90. The molecule has 1 amide bonds. The Balaban J connectivity index is 1.42. The first-order chi connectivity index (χ1) is 19.0. The Hall–Kier alpha value is -4.16. The van der Waals surface area contributed by atoms with E-state index in [2.05, 4.69) is 41.8 Å². The minimum Gasteiger partial charge on any atom is -0.392 e. The highest BCUT2D eigenvalue weighted by Gasteiger charge is 2.28. The number of nitrogens with one attached hydrogen (secondary N) is 2. The zero-order valence-electron chi connectivity index (χ0n) is 23.4. The zero-order chi connectivity index (χ0) is 28.4. The summed E-state index contributed by atoms with van der Waals surface area (Å²) in [5.74, 6) is 0.512. The van der Waals surface area contributed by atoms with Crippen molar-refractivity contribution in [2.75, 3.05) is 18.4 Å². The fourth-order valence-corrected chi connectivity index (χ4v) is 4.75. The molecular formula is C28H35N9O3. The number of benzene rings is 1. The van der Waals surface area contributed by atoms with E-state index in [0.717, 1.165) is 28.1 Å². The molecule has 0 saturated carbocycles. The summed E-state index contributed by atoms with van der Waals surface area (Å²) in [6.45, 7) is 9.49. The van der Waals surface area contributed by atoms with Crippen LogP contribution in [-0.4, -0.2) is 65.0 Å². The Kier molecular flexibility index (Phi) is 7.63. The van der Waals surface area contributed by atoms with Crippen molar-refractivity contribution in [3.05, 3.63) is 65.7 Å². The van der Waals surface area contributed by atoms with Gasteiger partial charge in [0.05, 0.1) is 29.7 Å². The van der Waals surface area contributed by atoms with Crippen LogP contribution in [0.5, 0.6) is 0 Å². The molecular weight excluding hydrogens is 510 g/mol. The predicted molar refractivity (Wildman–Crippen MR) is 149 cm³/mol. The molecule has 2 atom stereocenters. The molecule has 0 aliphatic carbocycles. The molecule has 40 heavy (non-hydrogen) atoms. The molecule has 1 aliphatic rings. The molecule has 0 radical (unpaired) electrons. The van der Waals surface area contributed by atoms with Crippen molar-refractivity contribution in [1.29, 1.82) is 0 Å². The quantitative estimate of drug-likeness (QED) is 0.316. The van der Waals surface area contributed by atoms with Gasteiger partial charge in [-0.05, 0) is 36.6 Å². The largest absolute Gasteiger partial charge is 0.392 e. The van der Waals surface area contributed by atoms with Crippen LogP contribution >= 0.6 is 0 Å². The normalized spacial score (nSPS) is 16.7. The summed E-state index contributed by atoms with van der Waals surface area (Å²) in [5, 5.41) is 24.5. The van der Waals surface area contributed by atoms with Gasteiger partial charge >= 0.3 is 0 Å². The number of nitrogens with zero attached hydrogens (tertiary/aromatic N) is 7. The van der Waals surface area contributed by atoms with Crippen LogP contribution in [-0.2, 0) is 19.0 Å². The lowest BCUT2D eigenvalue weighted by Gasteiger charge is -2.22. The zero-order valence-corrected chi connectivity index (χ0v) is 23.4. The lowest BCUT2D eigenvalue weighted by atomic mass is 9.96. The minimum atomic E-state index is -0.476. The second-order valence-electron chi connectivity index (χ2n) is 11.3. The number of aryl methyl sites for hydroxylation is 1. The standard InChI is InChI=1S/C28H35N9O3/c1-17(38)14-37-11-9-23(32-25(39)24-34-26(40-35-24)28(2,3)4)21-7-6-18(12-19(21)15-37)22-8-10-29-27(33-22)31-20-13-30-36(5)16-20/h6-8,10,12-13,16-17,23,38H,9,11,14-15H2,1-5H3,(H,32,39)(H,29,31,33)/t17?,23-/m1/s1. The van der Waals surface area contributed by atoms with Crippen LogP contribution in [0.4, 0.5) is 11.6 Å². The van der Waals surface area contributed by atoms with E-state index in [-0.39, 0.29) is 23.2 Å². The number of rotatable bonds is 7.